The Bertz CT molecular complexity index is 1650. The summed E-state index contributed by atoms with van der Waals surface area (Å²) in [6, 6.07) is 12.0. The molecule has 2 aromatic carbocycles. The number of hydrogen-bond acceptors (Lipinski definition) is 5. The van der Waals surface area contributed by atoms with Gasteiger partial charge in [0.25, 0.3) is 0 Å². The maximum Gasteiger partial charge on any atom is 0.573 e. The molecule has 5 aromatic rings. The van der Waals surface area contributed by atoms with Crippen LogP contribution in [0.1, 0.15) is 30.1 Å². The molecular formula is C27H21F3N6O. The van der Waals surface area contributed by atoms with Gasteiger partial charge in [0.2, 0.25) is 0 Å². The van der Waals surface area contributed by atoms with Crippen LogP contribution in [0.25, 0.3) is 33.3 Å². The second-order valence-electron chi connectivity index (χ2n) is 8.84. The van der Waals surface area contributed by atoms with E-state index in [1.807, 2.05) is 24.7 Å². The summed E-state index contributed by atoms with van der Waals surface area (Å²) in [6.07, 6.45) is 2.77. The van der Waals surface area contributed by atoms with E-state index in [4.69, 9.17) is 0 Å². The molecule has 7 nitrogen and oxygen atoms in total. The van der Waals surface area contributed by atoms with E-state index < -0.39 is 6.36 Å². The molecule has 0 aliphatic carbocycles. The third-order valence-corrected chi connectivity index (χ3v) is 6.33. The van der Waals surface area contributed by atoms with Crippen molar-refractivity contribution in [1.29, 1.82) is 0 Å². The largest absolute Gasteiger partial charge is 0.573 e. The predicted molar refractivity (Wildman–Crippen MR) is 133 cm³/mol. The number of imidazole rings is 1. The van der Waals surface area contributed by atoms with Gasteiger partial charge in [-0.1, -0.05) is 18.1 Å². The lowest BCUT2D eigenvalue weighted by atomic mass is 10.1. The zero-order valence-corrected chi connectivity index (χ0v) is 19.5. The lowest BCUT2D eigenvalue weighted by Crippen LogP contribution is -2.31. The van der Waals surface area contributed by atoms with Crippen LogP contribution in [0.15, 0.2) is 61.2 Å². The van der Waals surface area contributed by atoms with Crippen LogP contribution in [0.5, 0.6) is 5.75 Å². The van der Waals surface area contributed by atoms with Crippen LogP contribution in [0, 0.1) is 11.8 Å². The van der Waals surface area contributed by atoms with E-state index in [-0.39, 0.29) is 5.75 Å². The number of hydrogen-bond donors (Lipinski definition) is 2. The first-order chi connectivity index (χ1) is 17.9. The number of ether oxygens (including phenoxy) is 1. The Labute approximate surface area is 209 Å². The average Bonchev–Trinajstić information content (AvgIpc) is 3.51. The van der Waals surface area contributed by atoms with Crippen molar-refractivity contribution < 1.29 is 17.9 Å². The Hall–Kier alpha value is -4.36. The summed E-state index contributed by atoms with van der Waals surface area (Å²) in [6.45, 7) is 1.96. The number of alkyl halides is 3. The number of nitrogens with zero attached hydrogens (tertiary/aromatic N) is 4. The van der Waals surface area contributed by atoms with Gasteiger partial charge in [0.15, 0.2) is 5.65 Å². The van der Waals surface area contributed by atoms with Gasteiger partial charge in [0, 0.05) is 29.9 Å². The van der Waals surface area contributed by atoms with Gasteiger partial charge in [-0.25, -0.2) is 15.0 Å². The molecular weight excluding hydrogens is 481 g/mol. The number of aromatic amines is 1. The van der Waals surface area contributed by atoms with Gasteiger partial charge in [-0.2, -0.15) is 0 Å². The minimum absolute atomic E-state index is 0.326. The van der Waals surface area contributed by atoms with E-state index in [2.05, 4.69) is 52.5 Å². The average molecular weight is 503 g/mol. The zero-order valence-electron chi connectivity index (χ0n) is 19.5. The summed E-state index contributed by atoms with van der Waals surface area (Å²) in [4.78, 5) is 16.8. The molecule has 6 rings (SSSR count). The van der Waals surface area contributed by atoms with E-state index >= 15 is 0 Å². The van der Waals surface area contributed by atoms with Crippen molar-refractivity contribution in [3.63, 3.8) is 0 Å². The van der Waals surface area contributed by atoms with Crippen LogP contribution in [0.3, 0.4) is 0 Å². The SMILES string of the molecule is FC(F)(F)Oc1cccc(C#Cc2cnc3[nH]cc(-c4ccc5ncn(C6CCCNC6)c5c4)c3n2)c1. The van der Waals surface area contributed by atoms with Gasteiger partial charge in [-0.3, -0.25) is 0 Å². The zero-order chi connectivity index (χ0) is 25.4. The van der Waals surface area contributed by atoms with Crippen molar-refractivity contribution in [1.82, 2.24) is 29.8 Å². The van der Waals surface area contributed by atoms with Crippen LogP contribution in [0.4, 0.5) is 13.2 Å². The van der Waals surface area contributed by atoms with Crippen LogP contribution in [-0.4, -0.2) is 44.0 Å². The number of H-pyrrole nitrogens is 1. The Kier molecular flexibility index (Phi) is 5.77. The normalized spacial score (nSPS) is 16.0. The van der Waals surface area contributed by atoms with E-state index in [1.54, 1.807) is 6.07 Å². The molecule has 1 unspecified atom stereocenters. The molecule has 1 fully saturated rings. The molecule has 0 bridgehead atoms. The maximum absolute atomic E-state index is 12.5. The highest BCUT2D eigenvalue weighted by atomic mass is 19.4. The summed E-state index contributed by atoms with van der Waals surface area (Å²) < 4.78 is 43.8. The van der Waals surface area contributed by atoms with Crippen LogP contribution in [-0.2, 0) is 0 Å². The van der Waals surface area contributed by atoms with E-state index in [1.165, 1.54) is 24.4 Å². The van der Waals surface area contributed by atoms with Crippen molar-refractivity contribution in [2.75, 3.05) is 13.1 Å². The third kappa shape index (κ3) is 4.86. The van der Waals surface area contributed by atoms with Gasteiger partial charge in [-0.15, -0.1) is 13.2 Å². The summed E-state index contributed by atoms with van der Waals surface area (Å²) >= 11 is 0. The number of halogens is 3. The van der Waals surface area contributed by atoms with Crippen LogP contribution < -0.4 is 10.1 Å². The molecule has 0 spiro atoms. The molecule has 186 valence electrons. The number of rotatable bonds is 3. The second kappa shape index (κ2) is 9.26. The quantitative estimate of drug-likeness (QED) is 0.332. The molecule has 37 heavy (non-hydrogen) atoms. The minimum Gasteiger partial charge on any atom is -0.406 e. The van der Waals surface area contributed by atoms with Crippen LogP contribution in [0.2, 0.25) is 0 Å². The van der Waals surface area contributed by atoms with Crippen molar-refractivity contribution in [2.45, 2.75) is 25.2 Å². The van der Waals surface area contributed by atoms with Gasteiger partial charge in [-0.05, 0) is 61.2 Å². The Morgan fingerprint density at radius 3 is 2.84 bits per heavy atom. The minimum atomic E-state index is -4.76. The topological polar surface area (TPSA) is 80.6 Å². The van der Waals surface area contributed by atoms with Crippen molar-refractivity contribution >= 4 is 22.2 Å². The molecule has 10 heteroatoms. The molecule has 0 amide bonds. The highest BCUT2D eigenvalue weighted by molar-refractivity contribution is 5.93. The number of nitrogens with one attached hydrogen (secondary N) is 2. The number of aromatic nitrogens is 5. The first kappa shape index (κ1) is 23.1. The molecule has 4 heterocycles. The third-order valence-electron chi connectivity index (χ3n) is 6.33. The van der Waals surface area contributed by atoms with E-state index in [9.17, 15) is 13.2 Å². The van der Waals surface area contributed by atoms with Gasteiger partial charge in [0.05, 0.1) is 23.6 Å². The molecule has 3 aromatic heterocycles. The Morgan fingerprint density at radius 1 is 1.08 bits per heavy atom. The predicted octanol–water partition coefficient (Wildman–Crippen LogP) is 5.20. The summed E-state index contributed by atoms with van der Waals surface area (Å²) in [7, 11) is 0. The van der Waals surface area contributed by atoms with Crippen LogP contribution >= 0.6 is 0 Å². The maximum atomic E-state index is 12.5. The lowest BCUT2D eigenvalue weighted by Gasteiger charge is -2.24. The van der Waals surface area contributed by atoms with Gasteiger partial charge < -0.3 is 19.6 Å². The number of benzene rings is 2. The fraction of sp³-hybridized carbons (Fsp3) is 0.222. The highest BCUT2D eigenvalue weighted by Crippen LogP contribution is 2.31. The second-order valence-corrected chi connectivity index (χ2v) is 8.84. The molecule has 0 radical (unpaired) electrons. The van der Waals surface area contributed by atoms with E-state index in [0.717, 1.165) is 48.1 Å². The molecule has 1 atom stereocenters. The number of fused-ring (bicyclic) bond motifs is 2. The van der Waals surface area contributed by atoms with Gasteiger partial charge in [0.1, 0.15) is 17.0 Å². The molecule has 0 saturated carbocycles. The highest BCUT2D eigenvalue weighted by Gasteiger charge is 2.31. The molecule has 1 aliphatic heterocycles. The van der Waals surface area contributed by atoms with Crippen molar-refractivity contribution in [3.05, 3.63) is 72.4 Å². The van der Waals surface area contributed by atoms with E-state index in [0.29, 0.717) is 28.5 Å². The van der Waals surface area contributed by atoms with Gasteiger partial charge >= 0.3 is 6.36 Å². The first-order valence-electron chi connectivity index (χ1n) is 11.8. The first-order valence-corrected chi connectivity index (χ1v) is 11.8. The summed E-state index contributed by atoms with van der Waals surface area (Å²) in [5, 5.41) is 3.46. The Morgan fingerprint density at radius 2 is 2.00 bits per heavy atom. The summed E-state index contributed by atoms with van der Waals surface area (Å²) in [5.74, 6) is 5.41. The number of piperidine rings is 1. The molecule has 2 N–H and O–H groups in total. The smallest absolute Gasteiger partial charge is 0.406 e. The fourth-order valence-corrected chi connectivity index (χ4v) is 4.63. The molecule has 1 saturated heterocycles. The Balaban J connectivity index is 1.33. The summed E-state index contributed by atoms with van der Waals surface area (Å²) in [5.41, 5.74) is 5.89. The standard InChI is InChI=1S/C27H21F3N6O/c28-27(29,30)37-21-5-1-3-17(11-21)6-8-19-13-32-26-25(35-19)22(15-33-26)18-7-9-23-24(12-18)36(16-34-23)20-4-2-10-31-14-20/h1,3,5,7,9,11-13,15-16,20,31H,2,4,10,14H2,(H,32,33). The van der Waals surface area contributed by atoms with Crippen molar-refractivity contribution in [3.8, 4) is 28.7 Å². The fourth-order valence-electron chi connectivity index (χ4n) is 4.63. The van der Waals surface area contributed by atoms with Crippen molar-refractivity contribution in [2.24, 2.45) is 0 Å². The molecule has 1 aliphatic rings. The lowest BCUT2D eigenvalue weighted by molar-refractivity contribution is -0.274. The monoisotopic (exact) mass is 502 g/mol.